The van der Waals surface area contributed by atoms with Gasteiger partial charge in [-0.05, 0) is 36.8 Å². The van der Waals surface area contributed by atoms with E-state index in [4.69, 9.17) is 4.74 Å². The van der Waals surface area contributed by atoms with Crippen molar-refractivity contribution in [2.24, 2.45) is 0 Å². The Hall–Kier alpha value is -2.86. The highest BCUT2D eigenvalue weighted by Crippen LogP contribution is 2.30. The molecule has 3 rings (SSSR count). The minimum atomic E-state index is -0.108. The normalized spacial score (nSPS) is 10.4. The summed E-state index contributed by atoms with van der Waals surface area (Å²) >= 11 is 1.39. The smallest absolute Gasteiger partial charge is 0.263 e. The van der Waals surface area contributed by atoms with E-state index >= 15 is 0 Å². The molecule has 2 aromatic carbocycles. The van der Waals surface area contributed by atoms with E-state index in [0.29, 0.717) is 11.4 Å². The summed E-state index contributed by atoms with van der Waals surface area (Å²) in [5.41, 5.74) is 2.79. The fourth-order valence-electron chi connectivity index (χ4n) is 2.50. The summed E-state index contributed by atoms with van der Waals surface area (Å²) in [4.78, 5) is 19.7. The Morgan fingerprint density at radius 2 is 1.85 bits per heavy atom. The van der Waals surface area contributed by atoms with Crippen molar-refractivity contribution in [3.63, 3.8) is 0 Å². The summed E-state index contributed by atoms with van der Waals surface area (Å²) in [5, 5.41) is 3.75. The summed E-state index contributed by atoms with van der Waals surface area (Å²) in [6.45, 7) is 2.32. The quantitative estimate of drug-likeness (QED) is 0.711. The highest BCUT2D eigenvalue weighted by Gasteiger charge is 2.17. The molecule has 134 valence electrons. The molecule has 0 unspecified atom stereocenters. The van der Waals surface area contributed by atoms with Crippen molar-refractivity contribution < 1.29 is 9.53 Å². The van der Waals surface area contributed by atoms with Crippen LogP contribution in [0.3, 0.4) is 0 Å². The van der Waals surface area contributed by atoms with Crippen molar-refractivity contribution in [2.45, 2.75) is 13.5 Å². The maximum atomic E-state index is 12.6. The van der Waals surface area contributed by atoms with Gasteiger partial charge >= 0.3 is 0 Å². The van der Waals surface area contributed by atoms with E-state index in [9.17, 15) is 4.79 Å². The Morgan fingerprint density at radius 3 is 2.50 bits per heavy atom. The maximum absolute atomic E-state index is 12.6. The fourth-order valence-corrected chi connectivity index (χ4v) is 3.47. The van der Waals surface area contributed by atoms with Crippen molar-refractivity contribution in [1.29, 1.82) is 0 Å². The first-order valence-corrected chi connectivity index (χ1v) is 9.07. The van der Waals surface area contributed by atoms with Gasteiger partial charge in [-0.25, -0.2) is 4.98 Å². The fraction of sp³-hybridized carbons (Fsp3) is 0.200. The lowest BCUT2D eigenvalue weighted by Crippen LogP contribution is -2.22. The lowest BCUT2D eigenvalue weighted by atomic mass is 10.2. The van der Waals surface area contributed by atoms with Crippen LogP contribution in [0.1, 0.15) is 20.9 Å². The molecule has 0 bridgehead atoms. The predicted octanol–water partition coefficient (Wildman–Crippen LogP) is 4.16. The molecule has 0 aliphatic rings. The second-order valence-corrected chi connectivity index (χ2v) is 6.81. The number of ether oxygens (including phenoxy) is 1. The van der Waals surface area contributed by atoms with E-state index in [2.05, 4.69) is 10.3 Å². The zero-order valence-corrected chi connectivity index (χ0v) is 15.8. The number of aryl methyl sites for hydroxylation is 1. The molecule has 0 fully saturated rings. The first-order valence-electron chi connectivity index (χ1n) is 8.26. The molecule has 0 atom stereocenters. The van der Waals surface area contributed by atoms with Crippen LogP contribution in [-0.2, 0) is 6.54 Å². The SMILES string of the molecule is COc1ccc(CNC(=O)c2sc(N(C)c3ccccc3)nc2C)cc1. The maximum Gasteiger partial charge on any atom is 0.263 e. The number of rotatable bonds is 6. The Labute approximate surface area is 157 Å². The average Bonchev–Trinajstić information content (AvgIpc) is 3.08. The third-order valence-corrected chi connectivity index (χ3v) is 5.27. The number of para-hydroxylation sites is 1. The van der Waals surface area contributed by atoms with Gasteiger partial charge < -0.3 is 15.0 Å². The van der Waals surface area contributed by atoms with E-state index in [1.165, 1.54) is 11.3 Å². The van der Waals surface area contributed by atoms with Crippen molar-refractivity contribution in [3.05, 3.63) is 70.7 Å². The molecule has 6 heteroatoms. The standard InChI is InChI=1S/C20H21N3O2S/c1-14-18(19(24)21-13-15-9-11-17(25-3)12-10-15)26-20(22-14)23(2)16-7-5-4-6-8-16/h4-12H,13H2,1-3H3,(H,21,24). The number of nitrogens with zero attached hydrogens (tertiary/aromatic N) is 2. The molecule has 1 amide bonds. The van der Waals surface area contributed by atoms with Gasteiger partial charge in [0.1, 0.15) is 10.6 Å². The Bertz CT molecular complexity index is 876. The molecule has 0 aliphatic carbocycles. The van der Waals surface area contributed by atoms with Gasteiger partial charge in [0, 0.05) is 19.3 Å². The molecule has 1 aromatic heterocycles. The van der Waals surface area contributed by atoms with E-state index < -0.39 is 0 Å². The van der Waals surface area contributed by atoms with Crippen molar-refractivity contribution >= 4 is 28.1 Å². The number of amides is 1. The van der Waals surface area contributed by atoms with Crippen LogP contribution in [0.2, 0.25) is 0 Å². The molecule has 0 saturated heterocycles. The molecule has 1 heterocycles. The van der Waals surface area contributed by atoms with Gasteiger partial charge in [0.25, 0.3) is 5.91 Å². The molecule has 5 nitrogen and oxygen atoms in total. The second kappa shape index (κ2) is 8.01. The van der Waals surface area contributed by atoms with Crippen LogP contribution in [0.25, 0.3) is 0 Å². The third kappa shape index (κ3) is 4.03. The molecule has 1 N–H and O–H groups in total. The molecule has 0 radical (unpaired) electrons. The zero-order chi connectivity index (χ0) is 18.5. The van der Waals surface area contributed by atoms with Gasteiger partial charge in [0.15, 0.2) is 5.13 Å². The number of methoxy groups -OCH3 is 1. The van der Waals surface area contributed by atoms with Gasteiger partial charge in [0.05, 0.1) is 12.8 Å². The van der Waals surface area contributed by atoms with Gasteiger partial charge in [-0.15, -0.1) is 0 Å². The summed E-state index contributed by atoms with van der Waals surface area (Å²) in [6.07, 6.45) is 0. The Balaban J connectivity index is 1.68. The van der Waals surface area contributed by atoms with Crippen LogP contribution in [0, 0.1) is 6.92 Å². The van der Waals surface area contributed by atoms with Gasteiger partial charge in [0.2, 0.25) is 0 Å². The number of thiazole rings is 1. The molecule has 0 aliphatic heterocycles. The second-order valence-electron chi connectivity index (χ2n) is 5.84. The van der Waals surface area contributed by atoms with Gasteiger partial charge in [-0.1, -0.05) is 41.7 Å². The van der Waals surface area contributed by atoms with E-state index in [0.717, 1.165) is 27.8 Å². The number of benzene rings is 2. The first-order chi connectivity index (χ1) is 12.6. The Kier molecular flexibility index (Phi) is 5.53. The van der Waals surface area contributed by atoms with Gasteiger partial charge in [-0.2, -0.15) is 0 Å². The van der Waals surface area contributed by atoms with Crippen molar-refractivity contribution in [1.82, 2.24) is 10.3 Å². The zero-order valence-electron chi connectivity index (χ0n) is 15.0. The first kappa shape index (κ1) is 17.9. The van der Waals surface area contributed by atoms with Crippen LogP contribution in [-0.4, -0.2) is 25.0 Å². The van der Waals surface area contributed by atoms with Crippen molar-refractivity contribution in [3.8, 4) is 5.75 Å². The minimum Gasteiger partial charge on any atom is -0.497 e. The predicted molar refractivity (Wildman–Crippen MR) is 106 cm³/mol. The number of carbonyl (C=O) groups is 1. The summed E-state index contributed by atoms with van der Waals surface area (Å²) in [6, 6.07) is 17.6. The minimum absolute atomic E-state index is 0.108. The van der Waals surface area contributed by atoms with E-state index in [1.807, 2.05) is 73.5 Å². The van der Waals surface area contributed by atoms with Crippen LogP contribution < -0.4 is 15.0 Å². The third-order valence-electron chi connectivity index (χ3n) is 4.03. The molecule has 3 aromatic rings. The number of hydrogen-bond donors (Lipinski definition) is 1. The number of anilines is 2. The van der Waals surface area contributed by atoms with Crippen LogP contribution in [0.4, 0.5) is 10.8 Å². The van der Waals surface area contributed by atoms with Gasteiger partial charge in [-0.3, -0.25) is 4.79 Å². The van der Waals surface area contributed by atoms with Crippen LogP contribution in [0.5, 0.6) is 5.75 Å². The topological polar surface area (TPSA) is 54.5 Å². The summed E-state index contributed by atoms with van der Waals surface area (Å²) in [7, 11) is 3.58. The molecule has 0 spiro atoms. The number of hydrogen-bond acceptors (Lipinski definition) is 5. The summed E-state index contributed by atoms with van der Waals surface area (Å²) in [5.74, 6) is 0.690. The molecular weight excluding hydrogens is 346 g/mol. The number of carbonyl (C=O) groups excluding carboxylic acids is 1. The molecule has 26 heavy (non-hydrogen) atoms. The molecular formula is C20H21N3O2S. The van der Waals surface area contributed by atoms with Crippen LogP contribution >= 0.6 is 11.3 Å². The monoisotopic (exact) mass is 367 g/mol. The Morgan fingerprint density at radius 1 is 1.15 bits per heavy atom. The van der Waals surface area contributed by atoms with E-state index in [-0.39, 0.29) is 5.91 Å². The van der Waals surface area contributed by atoms with Crippen molar-refractivity contribution in [2.75, 3.05) is 19.1 Å². The number of nitrogens with one attached hydrogen (secondary N) is 1. The lowest BCUT2D eigenvalue weighted by Gasteiger charge is -2.15. The van der Waals surface area contributed by atoms with E-state index in [1.54, 1.807) is 7.11 Å². The average molecular weight is 367 g/mol. The largest absolute Gasteiger partial charge is 0.497 e. The number of aromatic nitrogens is 1. The highest BCUT2D eigenvalue weighted by atomic mass is 32.1. The lowest BCUT2D eigenvalue weighted by molar-refractivity contribution is 0.0954. The highest BCUT2D eigenvalue weighted by molar-refractivity contribution is 7.17. The van der Waals surface area contributed by atoms with Crippen LogP contribution in [0.15, 0.2) is 54.6 Å². The molecule has 0 saturated carbocycles. The summed E-state index contributed by atoms with van der Waals surface area (Å²) < 4.78 is 5.14.